The molecule has 1 aliphatic rings. The number of hydrogen-bond acceptors (Lipinski definition) is 4. The summed E-state index contributed by atoms with van der Waals surface area (Å²) in [6.45, 7) is 1.12. The van der Waals surface area contributed by atoms with Gasteiger partial charge in [-0.25, -0.2) is 8.42 Å². The third-order valence-corrected chi connectivity index (χ3v) is 5.38. The van der Waals surface area contributed by atoms with Crippen molar-refractivity contribution in [3.05, 3.63) is 28.2 Å². The van der Waals surface area contributed by atoms with Crippen molar-refractivity contribution in [2.45, 2.75) is 6.42 Å². The Morgan fingerprint density at radius 1 is 1.28 bits per heavy atom. The molecule has 0 unspecified atom stereocenters. The highest BCUT2D eigenvalue weighted by Gasteiger charge is 2.21. The van der Waals surface area contributed by atoms with Crippen LogP contribution in [0.4, 0.5) is 5.69 Å². The summed E-state index contributed by atoms with van der Waals surface area (Å²) in [6.07, 6.45) is 0.611. The number of hydrogen-bond donors (Lipinski definition) is 0. The lowest BCUT2D eigenvalue weighted by Crippen LogP contribution is -2.27. The molecule has 96 valence electrons. The van der Waals surface area contributed by atoms with E-state index in [4.69, 9.17) is 0 Å². The second kappa shape index (κ2) is 5.29. The fraction of sp³-hybridized carbons (Fsp3) is 0.417. The van der Waals surface area contributed by atoms with Gasteiger partial charge in [0.25, 0.3) is 0 Å². The van der Waals surface area contributed by atoms with Crippen LogP contribution >= 0.6 is 15.9 Å². The van der Waals surface area contributed by atoms with Gasteiger partial charge >= 0.3 is 0 Å². The van der Waals surface area contributed by atoms with Gasteiger partial charge in [0.05, 0.1) is 22.8 Å². The Morgan fingerprint density at radius 3 is 2.78 bits per heavy atom. The number of benzene rings is 1. The van der Waals surface area contributed by atoms with E-state index in [0.717, 1.165) is 10.2 Å². The molecular formula is C12H13BrN2O2S. The zero-order valence-corrected chi connectivity index (χ0v) is 12.2. The number of nitriles is 1. The zero-order chi connectivity index (χ0) is 13.2. The lowest BCUT2D eigenvalue weighted by molar-refractivity contribution is 0.597. The maximum atomic E-state index is 11.6. The van der Waals surface area contributed by atoms with Gasteiger partial charge in [-0.2, -0.15) is 5.26 Å². The van der Waals surface area contributed by atoms with Crippen LogP contribution in [0, 0.1) is 11.3 Å². The Morgan fingerprint density at radius 2 is 2.06 bits per heavy atom. The van der Waals surface area contributed by atoms with E-state index in [9.17, 15) is 13.7 Å². The number of halogens is 1. The standard InChI is InChI=1S/C12H13BrN2O2S/c13-11-3-1-4-12(10(11)9-14)15-5-2-7-18(16,17)8-6-15/h1,3-4H,2,5-8H2. The molecule has 4 nitrogen and oxygen atoms in total. The van der Waals surface area contributed by atoms with Crippen LogP contribution in [0.15, 0.2) is 22.7 Å². The normalized spacial score (nSPS) is 19.0. The molecule has 0 bridgehead atoms. The van der Waals surface area contributed by atoms with Crippen LogP contribution < -0.4 is 4.90 Å². The summed E-state index contributed by atoms with van der Waals surface area (Å²) >= 11 is 3.35. The molecule has 0 radical (unpaired) electrons. The van der Waals surface area contributed by atoms with Crippen LogP contribution in [0.25, 0.3) is 0 Å². The highest BCUT2D eigenvalue weighted by atomic mass is 79.9. The Hall–Kier alpha value is -1.06. The van der Waals surface area contributed by atoms with E-state index in [1.807, 2.05) is 23.1 Å². The van der Waals surface area contributed by atoms with Gasteiger partial charge in [-0.15, -0.1) is 0 Å². The van der Waals surface area contributed by atoms with E-state index in [1.165, 1.54) is 0 Å². The van der Waals surface area contributed by atoms with Crippen molar-refractivity contribution < 1.29 is 8.42 Å². The van der Waals surface area contributed by atoms with Gasteiger partial charge in [-0.3, -0.25) is 0 Å². The van der Waals surface area contributed by atoms with E-state index in [0.29, 0.717) is 25.1 Å². The molecule has 1 saturated heterocycles. The molecule has 1 heterocycles. The molecule has 0 N–H and O–H groups in total. The number of rotatable bonds is 1. The number of nitrogens with zero attached hydrogens (tertiary/aromatic N) is 2. The predicted octanol–water partition coefficient (Wildman–Crippen LogP) is 1.95. The predicted molar refractivity (Wildman–Crippen MR) is 74.3 cm³/mol. The third-order valence-electron chi connectivity index (χ3n) is 3.00. The third kappa shape index (κ3) is 2.85. The summed E-state index contributed by atoms with van der Waals surface area (Å²) in [7, 11) is -2.93. The smallest absolute Gasteiger partial charge is 0.152 e. The molecule has 1 fully saturated rings. The summed E-state index contributed by atoms with van der Waals surface area (Å²) in [4.78, 5) is 1.98. The molecule has 0 amide bonds. The Bertz CT molecular complexity index is 593. The number of anilines is 1. The highest BCUT2D eigenvalue weighted by molar-refractivity contribution is 9.10. The molecule has 1 aliphatic heterocycles. The van der Waals surface area contributed by atoms with Crippen molar-refractivity contribution in [1.29, 1.82) is 5.26 Å². The monoisotopic (exact) mass is 328 g/mol. The van der Waals surface area contributed by atoms with Gasteiger partial charge in [-0.05, 0) is 34.5 Å². The fourth-order valence-electron chi connectivity index (χ4n) is 2.07. The van der Waals surface area contributed by atoms with Gasteiger partial charge < -0.3 is 4.90 Å². The van der Waals surface area contributed by atoms with Crippen molar-refractivity contribution in [3.63, 3.8) is 0 Å². The SMILES string of the molecule is N#Cc1c(Br)cccc1N1CCCS(=O)(=O)CC1. The van der Waals surface area contributed by atoms with Gasteiger partial charge in [0.15, 0.2) is 9.84 Å². The minimum Gasteiger partial charge on any atom is -0.369 e. The summed E-state index contributed by atoms with van der Waals surface area (Å²) < 4.78 is 23.9. The van der Waals surface area contributed by atoms with Crippen molar-refractivity contribution in [3.8, 4) is 6.07 Å². The van der Waals surface area contributed by atoms with E-state index in [2.05, 4.69) is 22.0 Å². The molecule has 2 rings (SSSR count). The van der Waals surface area contributed by atoms with Gasteiger partial charge in [0, 0.05) is 17.6 Å². The summed E-state index contributed by atoms with van der Waals surface area (Å²) in [6, 6.07) is 7.70. The van der Waals surface area contributed by atoms with E-state index >= 15 is 0 Å². The van der Waals surface area contributed by atoms with Crippen molar-refractivity contribution in [2.24, 2.45) is 0 Å². The first-order chi connectivity index (χ1) is 8.53. The lowest BCUT2D eigenvalue weighted by Gasteiger charge is -2.23. The average molecular weight is 329 g/mol. The average Bonchev–Trinajstić information content (AvgIpc) is 2.50. The quantitative estimate of drug-likeness (QED) is 0.790. The molecule has 0 aliphatic carbocycles. The minimum absolute atomic E-state index is 0.157. The minimum atomic E-state index is -2.93. The Kier molecular flexibility index (Phi) is 3.93. The van der Waals surface area contributed by atoms with Crippen LogP contribution in [-0.2, 0) is 9.84 Å². The number of sulfone groups is 1. The second-order valence-electron chi connectivity index (χ2n) is 4.24. The van der Waals surface area contributed by atoms with Crippen molar-refractivity contribution in [1.82, 2.24) is 0 Å². The molecule has 18 heavy (non-hydrogen) atoms. The van der Waals surface area contributed by atoms with Crippen LogP contribution in [0.3, 0.4) is 0 Å². The first kappa shape index (κ1) is 13.4. The molecular weight excluding hydrogens is 316 g/mol. The maximum Gasteiger partial charge on any atom is 0.152 e. The fourth-order valence-corrected chi connectivity index (χ4v) is 3.78. The summed E-state index contributed by atoms with van der Waals surface area (Å²) in [5, 5.41) is 9.18. The van der Waals surface area contributed by atoms with E-state index in [-0.39, 0.29) is 11.5 Å². The molecule has 0 spiro atoms. The lowest BCUT2D eigenvalue weighted by atomic mass is 10.1. The molecule has 0 saturated carbocycles. The van der Waals surface area contributed by atoms with Crippen LogP contribution in [0.2, 0.25) is 0 Å². The molecule has 1 aromatic rings. The van der Waals surface area contributed by atoms with Gasteiger partial charge in [-0.1, -0.05) is 6.07 Å². The second-order valence-corrected chi connectivity index (χ2v) is 7.40. The summed E-state index contributed by atoms with van der Waals surface area (Å²) in [5.74, 6) is 0.393. The van der Waals surface area contributed by atoms with Crippen LogP contribution in [-0.4, -0.2) is 33.0 Å². The largest absolute Gasteiger partial charge is 0.369 e. The first-order valence-electron chi connectivity index (χ1n) is 5.67. The Labute approximate surface area is 115 Å². The topological polar surface area (TPSA) is 61.2 Å². The highest BCUT2D eigenvalue weighted by Crippen LogP contribution is 2.28. The van der Waals surface area contributed by atoms with E-state index < -0.39 is 9.84 Å². The van der Waals surface area contributed by atoms with Crippen molar-refractivity contribution >= 4 is 31.5 Å². The molecule has 0 aromatic heterocycles. The van der Waals surface area contributed by atoms with Crippen LogP contribution in [0.1, 0.15) is 12.0 Å². The Balaban J connectivity index is 2.33. The molecule has 6 heteroatoms. The molecule has 1 aromatic carbocycles. The van der Waals surface area contributed by atoms with E-state index in [1.54, 1.807) is 0 Å². The van der Waals surface area contributed by atoms with Crippen LogP contribution in [0.5, 0.6) is 0 Å². The summed E-state index contributed by atoms with van der Waals surface area (Å²) in [5.41, 5.74) is 1.38. The molecule has 0 atom stereocenters. The van der Waals surface area contributed by atoms with Gasteiger partial charge in [0.2, 0.25) is 0 Å². The zero-order valence-electron chi connectivity index (χ0n) is 9.76. The van der Waals surface area contributed by atoms with Crippen molar-refractivity contribution in [2.75, 3.05) is 29.5 Å². The maximum absolute atomic E-state index is 11.6. The van der Waals surface area contributed by atoms with Gasteiger partial charge in [0.1, 0.15) is 6.07 Å². The first-order valence-corrected chi connectivity index (χ1v) is 8.29.